The molecule has 0 amide bonds. The van der Waals surface area contributed by atoms with Gasteiger partial charge in [-0.25, -0.2) is 0 Å². The van der Waals surface area contributed by atoms with E-state index in [1.807, 2.05) is 36.4 Å². The zero-order chi connectivity index (χ0) is 15.1. The van der Waals surface area contributed by atoms with Gasteiger partial charge >= 0.3 is 0 Å². The molecule has 2 aromatic rings. The summed E-state index contributed by atoms with van der Waals surface area (Å²) in [6.45, 7) is 2.35. The molecule has 0 N–H and O–H groups in total. The molecule has 4 heteroatoms. The smallest absolute Gasteiger partial charge is 0.119 e. The Morgan fingerprint density at radius 2 is 1.81 bits per heavy atom. The molecule has 2 rings (SSSR count). The molecule has 0 atom stereocenters. The van der Waals surface area contributed by atoms with Crippen LogP contribution in [0.15, 0.2) is 48.5 Å². The summed E-state index contributed by atoms with van der Waals surface area (Å²) >= 11 is 5.84. The van der Waals surface area contributed by atoms with Gasteiger partial charge < -0.3 is 9.47 Å². The predicted octanol–water partition coefficient (Wildman–Crippen LogP) is 3.86. The molecule has 0 aromatic heterocycles. The molecule has 0 bridgehead atoms. The van der Waals surface area contributed by atoms with E-state index in [9.17, 15) is 0 Å². The Labute approximate surface area is 131 Å². The number of methoxy groups -OCH3 is 1. The maximum atomic E-state index is 5.84. The third-order valence-electron chi connectivity index (χ3n) is 3.14. The quantitative estimate of drug-likeness (QED) is 0.775. The van der Waals surface area contributed by atoms with Crippen molar-refractivity contribution in [2.45, 2.75) is 6.54 Å². The van der Waals surface area contributed by atoms with E-state index < -0.39 is 0 Å². The normalized spacial score (nSPS) is 10.7. The van der Waals surface area contributed by atoms with Gasteiger partial charge in [0.25, 0.3) is 0 Å². The minimum Gasteiger partial charge on any atom is -0.497 e. The Morgan fingerprint density at radius 3 is 2.52 bits per heavy atom. The van der Waals surface area contributed by atoms with Crippen LogP contribution in [0.5, 0.6) is 11.5 Å². The zero-order valence-corrected chi connectivity index (χ0v) is 13.1. The van der Waals surface area contributed by atoms with Crippen LogP contribution < -0.4 is 9.47 Å². The fourth-order valence-electron chi connectivity index (χ4n) is 2.01. The Morgan fingerprint density at radius 1 is 1.05 bits per heavy atom. The van der Waals surface area contributed by atoms with Crippen molar-refractivity contribution in [2.24, 2.45) is 0 Å². The average Bonchev–Trinajstić information content (AvgIpc) is 2.49. The van der Waals surface area contributed by atoms with Crippen molar-refractivity contribution < 1.29 is 9.47 Å². The van der Waals surface area contributed by atoms with Crippen molar-refractivity contribution in [3.8, 4) is 11.5 Å². The molecule has 0 fully saturated rings. The van der Waals surface area contributed by atoms with E-state index in [0.717, 1.165) is 29.6 Å². The summed E-state index contributed by atoms with van der Waals surface area (Å²) in [5.74, 6) is 1.73. The molecule has 0 aliphatic rings. The maximum absolute atomic E-state index is 5.84. The standard InChI is InChI=1S/C17H20ClNO2/c1-19(13-14-4-3-5-17(12-14)20-2)10-11-21-16-8-6-15(18)7-9-16/h3-9,12H,10-11,13H2,1-2H3. The number of nitrogens with zero attached hydrogens (tertiary/aromatic N) is 1. The lowest BCUT2D eigenvalue weighted by Gasteiger charge is -2.17. The van der Waals surface area contributed by atoms with Crippen LogP contribution in [0.4, 0.5) is 0 Å². The van der Waals surface area contributed by atoms with E-state index in [1.165, 1.54) is 5.56 Å². The van der Waals surface area contributed by atoms with Crippen LogP contribution in [0.25, 0.3) is 0 Å². The highest BCUT2D eigenvalue weighted by atomic mass is 35.5. The first-order valence-corrected chi connectivity index (χ1v) is 7.25. The highest BCUT2D eigenvalue weighted by molar-refractivity contribution is 6.30. The first-order valence-electron chi connectivity index (χ1n) is 6.87. The monoisotopic (exact) mass is 305 g/mol. The molecule has 0 heterocycles. The number of hydrogen-bond acceptors (Lipinski definition) is 3. The Balaban J connectivity index is 1.76. The number of hydrogen-bond donors (Lipinski definition) is 0. The summed E-state index contributed by atoms with van der Waals surface area (Å²) in [4.78, 5) is 2.21. The van der Waals surface area contributed by atoms with Crippen LogP contribution in [0.3, 0.4) is 0 Å². The number of ether oxygens (including phenoxy) is 2. The lowest BCUT2D eigenvalue weighted by atomic mass is 10.2. The van der Waals surface area contributed by atoms with Crippen LogP contribution in [0.1, 0.15) is 5.56 Å². The zero-order valence-electron chi connectivity index (χ0n) is 12.4. The lowest BCUT2D eigenvalue weighted by Crippen LogP contribution is -2.23. The minimum absolute atomic E-state index is 0.641. The Bertz CT molecular complexity index is 557. The van der Waals surface area contributed by atoms with E-state index in [4.69, 9.17) is 21.1 Å². The van der Waals surface area contributed by atoms with Crippen LogP contribution in [-0.4, -0.2) is 32.2 Å². The first-order chi connectivity index (χ1) is 10.2. The molecule has 0 radical (unpaired) electrons. The fraction of sp³-hybridized carbons (Fsp3) is 0.294. The Kier molecular flexibility index (Phi) is 5.90. The summed E-state index contributed by atoms with van der Waals surface area (Å²) in [6.07, 6.45) is 0. The summed E-state index contributed by atoms with van der Waals surface area (Å²) in [5.41, 5.74) is 1.23. The number of rotatable bonds is 7. The molecule has 112 valence electrons. The van der Waals surface area contributed by atoms with Crippen molar-refractivity contribution in [2.75, 3.05) is 27.3 Å². The molecule has 0 spiro atoms. The van der Waals surface area contributed by atoms with Gasteiger partial charge in [-0.05, 0) is 49.0 Å². The lowest BCUT2D eigenvalue weighted by molar-refractivity contribution is 0.232. The van der Waals surface area contributed by atoms with Gasteiger partial charge in [0, 0.05) is 18.1 Å². The van der Waals surface area contributed by atoms with E-state index in [0.29, 0.717) is 6.61 Å². The molecule has 0 unspecified atom stereocenters. The molecule has 0 saturated heterocycles. The summed E-state index contributed by atoms with van der Waals surface area (Å²) in [7, 11) is 3.76. The van der Waals surface area contributed by atoms with Gasteiger partial charge in [-0.3, -0.25) is 4.90 Å². The molecule has 0 saturated carbocycles. The minimum atomic E-state index is 0.641. The first kappa shape index (κ1) is 15.7. The highest BCUT2D eigenvalue weighted by Crippen LogP contribution is 2.16. The predicted molar refractivity (Wildman–Crippen MR) is 86.3 cm³/mol. The molecule has 21 heavy (non-hydrogen) atoms. The third kappa shape index (κ3) is 5.29. The van der Waals surface area contributed by atoms with E-state index in [2.05, 4.69) is 24.1 Å². The van der Waals surface area contributed by atoms with Crippen molar-refractivity contribution in [1.82, 2.24) is 4.90 Å². The van der Waals surface area contributed by atoms with Crippen molar-refractivity contribution in [3.63, 3.8) is 0 Å². The van der Waals surface area contributed by atoms with Gasteiger partial charge in [0.1, 0.15) is 18.1 Å². The maximum Gasteiger partial charge on any atom is 0.119 e. The summed E-state index contributed by atoms with van der Waals surface area (Å²) < 4.78 is 10.9. The van der Waals surface area contributed by atoms with Crippen LogP contribution in [-0.2, 0) is 6.54 Å². The second kappa shape index (κ2) is 7.91. The van der Waals surface area contributed by atoms with Gasteiger partial charge in [-0.2, -0.15) is 0 Å². The topological polar surface area (TPSA) is 21.7 Å². The van der Waals surface area contributed by atoms with E-state index >= 15 is 0 Å². The van der Waals surface area contributed by atoms with E-state index in [1.54, 1.807) is 7.11 Å². The number of likely N-dealkylation sites (N-methyl/N-ethyl adjacent to an activating group) is 1. The molecule has 0 aliphatic carbocycles. The van der Waals surface area contributed by atoms with Crippen LogP contribution >= 0.6 is 11.6 Å². The van der Waals surface area contributed by atoms with Crippen LogP contribution in [0, 0.1) is 0 Å². The van der Waals surface area contributed by atoms with Crippen molar-refractivity contribution >= 4 is 11.6 Å². The van der Waals surface area contributed by atoms with Crippen molar-refractivity contribution in [3.05, 3.63) is 59.1 Å². The molecule has 0 aliphatic heterocycles. The van der Waals surface area contributed by atoms with Crippen LogP contribution in [0.2, 0.25) is 5.02 Å². The SMILES string of the molecule is COc1cccc(CN(C)CCOc2ccc(Cl)cc2)c1. The number of halogens is 1. The molecule has 3 nitrogen and oxygen atoms in total. The van der Waals surface area contributed by atoms with Gasteiger partial charge in [0.2, 0.25) is 0 Å². The fourth-order valence-corrected chi connectivity index (χ4v) is 2.14. The van der Waals surface area contributed by atoms with E-state index in [-0.39, 0.29) is 0 Å². The second-order valence-electron chi connectivity index (χ2n) is 4.89. The second-order valence-corrected chi connectivity index (χ2v) is 5.33. The van der Waals surface area contributed by atoms with Gasteiger partial charge in [0.15, 0.2) is 0 Å². The molecular formula is C17H20ClNO2. The average molecular weight is 306 g/mol. The third-order valence-corrected chi connectivity index (χ3v) is 3.39. The molecular weight excluding hydrogens is 286 g/mol. The number of benzene rings is 2. The summed E-state index contributed by atoms with van der Waals surface area (Å²) in [6, 6.07) is 15.5. The summed E-state index contributed by atoms with van der Waals surface area (Å²) in [5, 5.41) is 0.720. The van der Waals surface area contributed by atoms with Crippen molar-refractivity contribution in [1.29, 1.82) is 0 Å². The largest absolute Gasteiger partial charge is 0.497 e. The Hall–Kier alpha value is -1.71. The van der Waals surface area contributed by atoms with Gasteiger partial charge in [-0.15, -0.1) is 0 Å². The van der Waals surface area contributed by atoms with Gasteiger partial charge in [0.05, 0.1) is 7.11 Å². The highest BCUT2D eigenvalue weighted by Gasteiger charge is 2.02. The molecule has 2 aromatic carbocycles. The van der Waals surface area contributed by atoms with Gasteiger partial charge in [-0.1, -0.05) is 23.7 Å².